The molecule has 2 aromatic rings. The van der Waals surface area contributed by atoms with Crippen LogP contribution in [0.3, 0.4) is 0 Å². The fourth-order valence-corrected chi connectivity index (χ4v) is 8.36. The maximum Gasteiger partial charge on any atom is 0.243 e. The molecule has 2 heterocycles. The van der Waals surface area contributed by atoms with Crippen LogP contribution in [0.2, 0.25) is 23.2 Å². The number of aliphatic hydroxyl groups excluding tert-OH is 1. The summed E-state index contributed by atoms with van der Waals surface area (Å²) in [6.45, 7) is 11.0. The SMILES string of the molecule is CC(C)(C)[Si](C)(C)OC1(C2CC(O)CC(c3cccnc3)N2S(=O)(=O)c2ccc(Cl)cc2)CC1. The summed E-state index contributed by atoms with van der Waals surface area (Å²) in [5.41, 5.74) is 0.177. The maximum atomic E-state index is 14.2. The van der Waals surface area contributed by atoms with Crippen LogP contribution >= 0.6 is 11.6 Å². The van der Waals surface area contributed by atoms with Crippen LogP contribution in [0.5, 0.6) is 0 Å². The first-order valence-electron chi connectivity index (χ1n) is 11.8. The third-order valence-electron chi connectivity index (χ3n) is 7.68. The van der Waals surface area contributed by atoms with Crippen LogP contribution in [-0.4, -0.2) is 48.9 Å². The highest BCUT2D eigenvalue weighted by molar-refractivity contribution is 7.89. The summed E-state index contributed by atoms with van der Waals surface area (Å²) in [4.78, 5) is 4.43. The van der Waals surface area contributed by atoms with Crippen molar-refractivity contribution in [3.05, 3.63) is 59.4 Å². The van der Waals surface area contributed by atoms with Crippen molar-refractivity contribution in [2.24, 2.45) is 0 Å². The fourth-order valence-electron chi connectivity index (χ4n) is 4.69. The Kier molecular flexibility index (Phi) is 6.81. The number of aromatic nitrogens is 1. The molecular formula is C25H35ClN2O4SSi. The predicted octanol–water partition coefficient (Wildman–Crippen LogP) is 5.54. The Morgan fingerprint density at radius 2 is 1.79 bits per heavy atom. The standard InChI is InChI=1S/C25H35ClN2O4SSi/c1-24(2,3)34(4,5)32-25(12-13-25)23-16-20(29)15-22(18-7-6-14-27-17-18)28(23)33(30,31)21-10-8-19(26)9-11-21/h6-11,14,17,20,22-23,29H,12-13,15-16H2,1-5H3. The van der Waals surface area contributed by atoms with E-state index in [2.05, 4.69) is 38.8 Å². The molecule has 1 N–H and O–H groups in total. The summed E-state index contributed by atoms with van der Waals surface area (Å²) in [6.07, 6.45) is 4.95. The lowest BCUT2D eigenvalue weighted by atomic mass is 9.88. The number of pyridine rings is 1. The lowest BCUT2D eigenvalue weighted by molar-refractivity contribution is -0.0173. The van der Waals surface area contributed by atoms with Gasteiger partial charge >= 0.3 is 0 Å². The number of aliphatic hydroxyl groups is 1. The molecule has 186 valence electrons. The highest BCUT2D eigenvalue weighted by atomic mass is 35.5. The predicted molar refractivity (Wildman–Crippen MR) is 137 cm³/mol. The van der Waals surface area contributed by atoms with Gasteiger partial charge in [-0.1, -0.05) is 38.4 Å². The Balaban J connectivity index is 1.83. The normalized spacial score (nSPS) is 25.8. The van der Waals surface area contributed by atoms with E-state index < -0.39 is 42.1 Å². The first-order chi connectivity index (χ1) is 15.8. The zero-order valence-corrected chi connectivity index (χ0v) is 23.1. The first-order valence-corrected chi connectivity index (χ1v) is 16.6. The summed E-state index contributed by atoms with van der Waals surface area (Å²) in [5, 5.41) is 11.4. The molecule has 3 unspecified atom stereocenters. The highest BCUT2D eigenvalue weighted by Crippen LogP contribution is 2.55. The van der Waals surface area contributed by atoms with Gasteiger partial charge in [-0.15, -0.1) is 0 Å². The summed E-state index contributed by atoms with van der Waals surface area (Å²) >= 11 is 6.05. The van der Waals surface area contributed by atoms with Crippen LogP contribution in [-0.2, 0) is 14.4 Å². The Morgan fingerprint density at radius 1 is 1.15 bits per heavy atom. The van der Waals surface area contributed by atoms with Gasteiger partial charge in [-0.25, -0.2) is 8.42 Å². The van der Waals surface area contributed by atoms with Crippen molar-refractivity contribution in [3.8, 4) is 0 Å². The Bertz CT molecular complexity index is 1120. The topological polar surface area (TPSA) is 79.7 Å². The maximum absolute atomic E-state index is 14.2. The molecule has 1 saturated carbocycles. The van der Waals surface area contributed by atoms with E-state index in [4.69, 9.17) is 16.0 Å². The summed E-state index contributed by atoms with van der Waals surface area (Å²) in [5.74, 6) is 0. The molecule has 0 spiro atoms. The van der Waals surface area contributed by atoms with E-state index in [1.54, 1.807) is 47.0 Å². The second-order valence-corrected chi connectivity index (χ2v) is 18.2. The number of hydrogen-bond donors (Lipinski definition) is 1. The highest BCUT2D eigenvalue weighted by Gasteiger charge is 2.61. The van der Waals surface area contributed by atoms with Gasteiger partial charge in [-0.3, -0.25) is 4.98 Å². The number of rotatable bonds is 6. The Morgan fingerprint density at radius 3 is 2.32 bits per heavy atom. The van der Waals surface area contributed by atoms with Crippen LogP contribution in [0, 0.1) is 0 Å². The lowest BCUT2D eigenvalue weighted by Gasteiger charge is -2.49. The Hall–Kier alpha value is -1.29. The number of nitrogens with zero attached hydrogens (tertiary/aromatic N) is 2. The van der Waals surface area contributed by atoms with Crippen LogP contribution < -0.4 is 0 Å². The third-order valence-corrected chi connectivity index (χ3v) is 14.4. The Labute approximate surface area is 209 Å². The van der Waals surface area contributed by atoms with Crippen molar-refractivity contribution in [1.29, 1.82) is 0 Å². The molecular weight excluding hydrogens is 488 g/mol. The quantitative estimate of drug-likeness (QED) is 0.503. The van der Waals surface area contributed by atoms with Crippen molar-refractivity contribution >= 4 is 29.9 Å². The molecule has 0 bridgehead atoms. The van der Waals surface area contributed by atoms with Crippen molar-refractivity contribution in [2.45, 2.75) is 93.3 Å². The monoisotopic (exact) mass is 522 g/mol. The lowest BCUT2D eigenvalue weighted by Crippen LogP contribution is -2.58. The molecule has 4 rings (SSSR count). The molecule has 1 aromatic carbocycles. The average molecular weight is 523 g/mol. The number of piperidine rings is 1. The molecule has 2 fully saturated rings. The number of benzene rings is 1. The van der Waals surface area contributed by atoms with Gasteiger partial charge < -0.3 is 9.53 Å². The zero-order chi connectivity index (χ0) is 24.9. The van der Waals surface area contributed by atoms with E-state index >= 15 is 0 Å². The van der Waals surface area contributed by atoms with Crippen molar-refractivity contribution in [3.63, 3.8) is 0 Å². The van der Waals surface area contributed by atoms with Gasteiger partial charge in [-0.05, 0) is 79.7 Å². The molecule has 1 aromatic heterocycles. The molecule has 3 atom stereocenters. The molecule has 0 radical (unpaired) electrons. The summed E-state index contributed by atoms with van der Waals surface area (Å²) in [7, 11) is -6.11. The minimum atomic E-state index is -3.91. The number of sulfonamides is 1. The summed E-state index contributed by atoms with van der Waals surface area (Å²) in [6, 6.07) is 8.96. The van der Waals surface area contributed by atoms with Crippen LogP contribution in [0.1, 0.15) is 58.1 Å². The van der Waals surface area contributed by atoms with Gasteiger partial charge in [0.1, 0.15) is 0 Å². The van der Waals surface area contributed by atoms with Crippen molar-refractivity contribution in [2.75, 3.05) is 0 Å². The number of halogens is 1. The third kappa shape index (κ3) is 4.86. The second-order valence-electron chi connectivity index (χ2n) is 11.2. The molecule has 1 aliphatic heterocycles. The van der Waals surface area contributed by atoms with Crippen molar-refractivity contribution < 1.29 is 18.0 Å². The average Bonchev–Trinajstić information content (AvgIpc) is 3.53. The minimum absolute atomic E-state index is 0.0154. The van der Waals surface area contributed by atoms with E-state index in [0.717, 1.165) is 18.4 Å². The van der Waals surface area contributed by atoms with E-state index in [1.807, 2.05) is 6.07 Å². The van der Waals surface area contributed by atoms with Gasteiger partial charge in [0, 0.05) is 17.4 Å². The minimum Gasteiger partial charge on any atom is -0.410 e. The van der Waals surface area contributed by atoms with E-state index in [-0.39, 0.29) is 9.93 Å². The molecule has 34 heavy (non-hydrogen) atoms. The van der Waals surface area contributed by atoms with Crippen LogP contribution in [0.15, 0.2) is 53.7 Å². The van der Waals surface area contributed by atoms with Gasteiger partial charge in [0.05, 0.1) is 28.7 Å². The van der Waals surface area contributed by atoms with Gasteiger partial charge in [0.15, 0.2) is 8.32 Å². The van der Waals surface area contributed by atoms with E-state index in [1.165, 1.54) is 0 Å². The van der Waals surface area contributed by atoms with Gasteiger partial charge in [-0.2, -0.15) is 4.31 Å². The molecule has 6 nitrogen and oxygen atoms in total. The fraction of sp³-hybridized carbons (Fsp3) is 0.560. The van der Waals surface area contributed by atoms with Gasteiger partial charge in [0.25, 0.3) is 0 Å². The van der Waals surface area contributed by atoms with Crippen LogP contribution in [0.25, 0.3) is 0 Å². The van der Waals surface area contributed by atoms with Crippen molar-refractivity contribution in [1.82, 2.24) is 9.29 Å². The van der Waals surface area contributed by atoms with E-state index in [0.29, 0.717) is 17.9 Å². The largest absolute Gasteiger partial charge is 0.410 e. The smallest absolute Gasteiger partial charge is 0.243 e. The zero-order valence-electron chi connectivity index (χ0n) is 20.5. The van der Waals surface area contributed by atoms with Gasteiger partial charge in [0.2, 0.25) is 10.0 Å². The number of hydrogen-bond acceptors (Lipinski definition) is 5. The molecule has 1 aliphatic carbocycles. The molecule has 2 aliphatic rings. The molecule has 0 amide bonds. The summed E-state index contributed by atoms with van der Waals surface area (Å²) < 4.78 is 36.9. The van der Waals surface area contributed by atoms with Crippen LogP contribution in [0.4, 0.5) is 0 Å². The molecule has 1 saturated heterocycles. The van der Waals surface area contributed by atoms with E-state index in [9.17, 15) is 13.5 Å². The molecule has 9 heteroatoms. The second kappa shape index (κ2) is 8.98. The first kappa shape index (κ1) is 25.8.